The van der Waals surface area contributed by atoms with Crippen LogP contribution in [-0.2, 0) is 10.3 Å². The SMILES string of the molecule is O=C1N[C@]2(CCOc3ccccc32)C(=O)N1C[C@H](O)COc1ccc(F)cc1. The van der Waals surface area contributed by atoms with Crippen LogP contribution < -0.4 is 14.8 Å². The Balaban J connectivity index is 1.45. The Kier molecular flexibility index (Phi) is 4.64. The van der Waals surface area contributed by atoms with Gasteiger partial charge in [-0.15, -0.1) is 0 Å². The number of ether oxygens (including phenoxy) is 2. The minimum Gasteiger partial charge on any atom is -0.493 e. The molecule has 0 aliphatic carbocycles. The fraction of sp³-hybridized carbons (Fsp3) is 0.300. The largest absolute Gasteiger partial charge is 0.493 e. The first-order valence-electron chi connectivity index (χ1n) is 8.92. The Hall–Kier alpha value is -3.13. The van der Waals surface area contributed by atoms with Gasteiger partial charge in [-0.2, -0.15) is 0 Å². The second kappa shape index (κ2) is 7.12. The summed E-state index contributed by atoms with van der Waals surface area (Å²) in [5.41, 5.74) is -0.567. The van der Waals surface area contributed by atoms with Gasteiger partial charge in [0.05, 0.1) is 13.2 Å². The number of aliphatic hydroxyl groups is 1. The molecule has 0 aromatic heterocycles. The number of nitrogens with zero attached hydrogens (tertiary/aromatic N) is 1. The number of fused-ring (bicyclic) bond motifs is 2. The maximum atomic E-state index is 13.1. The number of benzene rings is 2. The summed E-state index contributed by atoms with van der Waals surface area (Å²) in [7, 11) is 0. The van der Waals surface area contributed by atoms with Crippen LogP contribution in [0.15, 0.2) is 48.5 Å². The Morgan fingerprint density at radius 3 is 2.75 bits per heavy atom. The molecule has 2 aliphatic rings. The highest BCUT2D eigenvalue weighted by Crippen LogP contribution is 2.40. The molecule has 7 nitrogen and oxygen atoms in total. The van der Waals surface area contributed by atoms with E-state index in [9.17, 15) is 19.1 Å². The molecule has 0 bridgehead atoms. The van der Waals surface area contributed by atoms with Crippen molar-refractivity contribution in [2.75, 3.05) is 19.8 Å². The number of amides is 3. The summed E-state index contributed by atoms with van der Waals surface area (Å²) in [5.74, 6) is 0.125. The molecule has 2 aromatic carbocycles. The number of β-amino-alcohol motifs (C(OH)–C–C–N with tert-alkyl or cyclic N) is 1. The van der Waals surface area contributed by atoms with E-state index in [1.54, 1.807) is 24.3 Å². The Morgan fingerprint density at radius 2 is 1.96 bits per heavy atom. The molecule has 2 N–H and O–H groups in total. The number of rotatable bonds is 5. The van der Waals surface area contributed by atoms with Crippen LogP contribution in [0.3, 0.4) is 0 Å². The molecule has 1 saturated heterocycles. The average molecular weight is 386 g/mol. The van der Waals surface area contributed by atoms with E-state index in [0.717, 1.165) is 4.90 Å². The van der Waals surface area contributed by atoms with Gasteiger partial charge in [0.2, 0.25) is 0 Å². The van der Waals surface area contributed by atoms with Crippen LogP contribution in [-0.4, -0.2) is 47.8 Å². The van der Waals surface area contributed by atoms with Crippen LogP contribution in [0.5, 0.6) is 11.5 Å². The van der Waals surface area contributed by atoms with Crippen LogP contribution in [0.1, 0.15) is 12.0 Å². The number of nitrogens with one attached hydrogen (secondary N) is 1. The first-order chi connectivity index (χ1) is 13.5. The van der Waals surface area contributed by atoms with Crippen LogP contribution in [0.2, 0.25) is 0 Å². The maximum absolute atomic E-state index is 13.1. The molecule has 3 amide bonds. The fourth-order valence-corrected chi connectivity index (χ4v) is 3.52. The van der Waals surface area contributed by atoms with E-state index in [-0.39, 0.29) is 13.2 Å². The van der Waals surface area contributed by atoms with E-state index >= 15 is 0 Å². The summed E-state index contributed by atoms with van der Waals surface area (Å²) in [6.45, 7) is -0.0564. The lowest BCUT2D eigenvalue weighted by Crippen LogP contribution is -2.48. The van der Waals surface area contributed by atoms with Crippen molar-refractivity contribution in [1.82, 2.24) is 10.2 Å². The van der Waals surface area contributed by atoms with Crippen LogP contribution >= 0.6 is 0 Å². The van der Waals surface area contributed by atoms with Crippen molar-refractivity contribution >= 4 is 11.9 Å². The molecule has 1 fully saturated rings. The normalized spacial score (nSPS) is 21.9. The third-order valence-electron chi connectivity index (χ3n) is 4.91. The lowest BCUT2D eigenvalue weighted by Gasteiger charge is -2.33. The quantitative estimate of drug-likeness (QED) is 0.765. The van der Waals surface area contributed by atoms with E-state index in [0.29, 0.717) is 30.1 Å². The second-order valence-electron chi connectivity index (χ2n) is 6.76. The van der Waals surface area contributed by atoms with E-state index in [2.05, 4.69) is 5.32 Å². The number of para-hydroxylation sites is 1. The van der Waals surface area contributed by atoms with Crippen molar-refractivity contribution in [1.29, 1.82) is 0 Å². The molecule has 2 heterocycles. The maximum Gasteiger partial charge on any atom is 0.325 e. The Bertz CT molecular complexity index is 904. The smallest absolute Gasteiger partial charge is 0.325 e. The lowest BCUT2D eigenvalue weighted by molar-refractivity contribution is -0.133. The highest BCUT2D eigenvalue weighted by atomic mass is 19.1. The summed E-state index contributed by atoms with van der Waals surface area (Å²) in [6, 6.07) is 11.9. The molecule has 28 heavy (non-hydrogen) atoms. The highest BCUT2D eigenvalue weighted by molar-refractivity contribution is 6.08. The zero-order chi connectivity index (χ0) is 19.7. The number of halogens is 1. The molecule has 0 radical (unpaired) electrons. The van der Waals surface area contributed by atoms with Crippen LogP contribution in [0, 0.1) is 5.82 Å². The van der Waals surface area contributed by atoms with E-state index in [4.69, 9.17) is 9.47 Å². The summed E-state index contributed by atoms with van der Waals surface area (Å²) in [4.78, 5) is 26.6. The molecular formula is C20H19FN2O5. The summed E-state index contributed by atoms with van der Waals surface area (Å²) >= 11 is 0. The molecule has 2 aromatic rings. The summed E-state index contributed by atoms with van der Waals surface area (Å²) < 4.78 is 23.9. The Labute approximate surface area is 160 Å². The molecule has 0 saturated carbocycles. The molecule has 1 spiro atoms. The minimum atomic E-state index is -1.18. The average Bonchev–Trinajstić information content (AvgIpc) is 2.93. The molecule has 4 rings (SSSR count). The van der Waals surface area contributed by atoms with Gasteiger partial charge >= 0.3 is 6.03 Å². The van der Waals surface area contributed by atoms with Gasteiger partial charge in [0.15, 0.2) is 5.54 Å². The molecule has 0 unspecified atom stereocenters. The number of urea groups is 1. The monoisotopic (exact) mass is 386 g/mol. The van der Waals surface area contributed by atoms with Gasteiger partial charge in [0.1, 0.15) is 30.0 Å². The van der Waals surface area contributed by atoms with Gasteiger partial charge in [0, 0.05) is 12.0 Å². The summed E-state index contributed by atoms with van der Waals surface area (Å²) in [5, 5.41) is 13.0. The van der Waals surface area contributed by atoms with Gasteiger partial charge in [-0.1, -0.05) is 18.2 Å². The van der Waals surface area contributed by atoms with Crippen molar-refractivity contribution in [3.8, 4) is 11.5 Å². The zero-order valence-corrected chi connectivity index (χ0v) is 14.9. The van der Waals surface area contributed by atoms with Crippen molar-refractivity contribution in [2.45, 2.75) is 18.1 Å². The standard InChI is InChI=1S/C20H19FN2O5/c21-13-5-7-15(8-6-13)28-12-14(24)11-23-18(25)20(22-19(23)26)9-10-27-17-4-2-1-3-16(17)20/h1-8,14,24H,9-12H2,(H,22,26)/t14-,20-/m0/s1. The minimum absolute atomic E-state index is 0.143. The second-order valence-corrected chi connectivity index (χ2v) is 6.76. The van der Waals surface area contributed by atoms with Crippen molar-refractivity contribution in [3.63, 3.8) is 0 Å². The molecular weight excluding hydrogens is 367 g/mol. The van der Waals surface area contributed by atoms with Gasteiger partial charge in [0.25, 0.3) is 5.91 Å². The number of aliphatic hydroxyl groups excluding tert-OH is 1. The fourth-order valence-electron chi connectivity index (χ4n) is 3.52. The first-order valence-corrected chi connectivity index (χ1v) is 8.92. The van der Waals surface area contributed by atoms with Crippen molar-refractivity contribution in [3.05, 3.63) is 59.9 Å². The number of hydrogen-bond acceptors (Lipinski definition) is 5. The number of carbonyl (C=O) groups excluding carboxylic acids is 2. The third-order valence-corrected chi connectivity index (χ3v) is 4.91. The third kappa shape index (κ3) is 3.16. The van der Waals surface area contributed by atoms with Crippen LogP contribution in [0.4, 0.5) is 9.18 Å². The number of carbonyl (C=O) groups is 2. The predicted molar refractivity (Wildman–Crippen MR) is 96.4 cm³/mol. The first kappa shape index (κ1) is 18.2. The van der Waals surface area contributed by atoms with E-state index < -0.39 is 29.4 Å². The van der Waals surface area contributed by atoms with E-state index in [1.165, 1.54) is 24.3 Å². The van der Waals surface area contributed by atoms with E-state index in [1.807, 2.05) is 0 Å². The van der Waals surface area contributed by atoms with Crippen LogP contribution in [0.25, 0.3) is 0 Å². The van der Waals surface area contributed by atoms with Crippen molar-refractivity contribution < 1.29 is 28.6 Å². The molecule has 146 valence electrons. The van der Waals surface area contributed by atoms with Gasteiger partial charge < -0.3 is 19.9 Å². The van der Waals surface area contributed by atoms with Gasteiger partial charge in [-0.25, -0.2) is 9.18 Å². The highest BCUT2D eigenvalue weighted by Gasteiger charge is 2.55. The molecule has 8 heteroatoms. The van der Waals surface area contributed by atoms with Gasteiger partial charge in [-0.05, 0) is 30.3 Å². The topological polar surface area (TPSA) is 88.1 Å². The lowest BCUT2D eigenvalue weighted by atomic mass is 9.84. The van der Waals surface area contributed by atoms with Gasteiger partial charge in [-0.3, -0.25) is 9.69 Å². The Morgan fingerprint density at radius 1 is 1.21 bits per heavy atom. The number of imide groups is 1. The molecule has 2 aliphatic heterocycles. The van der Waals surface area contributed by atoms with Crippen molar-refractivity contribution in [2.24, 2.45) is 0 Å². The summed E-state index contributed by atoms with van der Waals surface area (Å²) in [6.07, 6.45) is -0.780. The molecule has 2 atom stereocenters. The predicted octanol–water partition coefficient (Wildman–Crippen LogP) is 1.80. The zero-order valence-electron chi connectivity index (χ0n) is 14.9. The number of hydrogen-bond donors (Lipinski definition) is 2.